The SMILES string of the molecule is [2H]C(N)(Cc1ccc(N(CCCl)CCCl)cc1)C(=O)NC([2H])(Cc1ccc(F)cc1)C(=O)OCC. The number of anilines is 1. The summed E-state index contributed by atoms with van der Waals surface area (Å²) < 4.78 is 35.2. The molecule has 180 valence electrons. The largest absolute Gasteiger partial charge is 0.464 e. The number of esters is 1. The van der Waals surface area contributed by atoms with Gasteiger partial charge in [0.1, 0.15) is 11.8 Å². The number of rotatable bonds is 13. The summed E-state index contributed by atoms with van der Waals surface area (Å²) >= 11 is 11.7. The molecule has 2 aromatic carbocycles. The first kappa shape index (κ1) is 23.8. The van der Waals surface area contributed by atoms with Crippen LogP contribution in [0, 0.1) is 5.82 Å². The molecule has 0 saturated heterocycles. The maximum atomic E-state index is 13.3. The third kappa shape index (κ3) is 8.84. The van der Waals surface area contributed by atoms with E-state index in [1.54, 1.807) is 19.1 Å². The van der Waals surface area contributed by atoms with Gasteiger partial charge in [0, 0.05) is 37.0 Å². The van der Waals surface area contributed by atoms with Crippen LogP contribution in [-0.4, -0.2) is 55.4 Å². The minimum atomic E-state index is -2.25. The highest BCUT2D eigenvalue weighted by Gasteiger charge is 2.25. The predicted octanol–water partition coefficient (Wildman–Crippen LogP) is 3.27. The van der Waals surface area contributed by atoms with Crippen molar-refractivity contribution >= 4 is 40.8 Å². The quantitative estimate of drug-likeness (QED) is 0.326. The van der Waals surface area contributed by atoms with Crippen LogP contribution in [0.1, 0.15) is 20.8 Å². The van der Waals surface area contributed by atoms with Gasteiger partial charge in [-0.2, -0.15) is 0 Å². The van der Waals surface area contributed by atoms with Gasteiger partial charge in [0.25, 0.3) is 0 Å². The smallest absolute Gasteiger partial charge is 0.328 e. The highest BCUT2D eigenvalue weighted by Crippen LogP contribution is 2.16. The number of amides is 1. The number of nitrogens with one attached hydrogen (secondary N) is 1. The molecule has 33 heavy (non-hydrogen) atoms. The third-order valence-electron chi connectivity index (χ3n) is 4.78. The first-order valence-electron chi connectivity index (χ1n) is 11.5. The fraction of sp³-hybridized carbons (Fsp3) is 0.417. The van der Waals surface area contributed by atoms with E-state index in [2.05, 4.69) is 5.32 Å². The van der Waals surface area contributed by atoms with Gasteiger partial charge >= 0.3 is 5.97 Å². The molecule has 9 heteroatoms. The standard InChI is InChI=1S/C24H30Cl2FN3O3/c1-2-33-24(32)22(16-18-3-7-19(27)8-4-18)29-23(31)21(28)15-17-5-9-20(10-6-17)30(13-11-25)14-12-26/h3-10,21-22H,2,11-16,28H2,1H3,(H,29,31)/i21D,22D. The summed E-state index contributed by atoms with van der Waals surface area (Å²) in [7, 11) is 0. The molecule has 0 aliphatic carbocycles. The summed E-state index contributed by atoms with van der Waals surface area (Å²) in [5.74, 6) is -1.62. The molecule has 0 bridgehead atoms. The molecule has 2 unspecified atom stereocenters. The van der Waals surface area contributed by atoms with Gasteiger partial charge in [0.15, 0.2) is 0 Å². The second-order valence-corrected chi connectivity index (χ2v) is 7.95. The van der Waals surface area contributed by atoms with Gasteiger partial charge < -0.3 is 20.7 Å². The fourth-order valence-corrected chi connectivity index (χ4v) is 3.52. The number of benzene rings is 2. The number of carbonyl (C=O) groups excluding carboxylic acids is 2. The number of hydrogen-bond acceptors (Lipinski definition) is 5. The molecule has 2 atom stereocenters. The van der Waals surface area contributed by atoms with Crippen molar-refractivity contribution in [3.05, 3.63) is 65.5 Å². The Kier molecular flexibility index (Phi) is 10.1. The van der Waals surface area contributed by atoms with Crippen LogP contribution in [0.4, 0.5) is 10.1 Å². The van der Waals surface area contributed by atoms with Gasteiger partial charge in [-0.05, 0) is 48.7 Å². The van der Waals surface area contributed by atoms with E-state index >= 15 is 0 Å². The average molecular weight is 500 g/mol. The fourth-order valence-electron chi connectivity index (χ4n) is 3.11. The number of ether oxygens (including phenoxy) is 1. The van der Waals surface area contributed by atoms with Crippen LogP contribution in [0.15, 0.2) is 48.5 Å². The first-order chi connectivity index (χ1) is 16.5. The molecule has 6 nitrogen and oxygen atoms in total. The van der Waals surface area contributed by atoms with Crippen molar-refractivity contribution in [1.82, 2.24) is 5.32 Å². The Bertz CT molecular complexity index is 975. The molecule has 0 radical (unpaired) electrons. The first-order valence-corrected chi connectivity index (χ1v) is 11.6. The number of halogens is 3. The molecule has 2 aromatic rings. The number of hydrogen-bond donors (Lipinski definition) is 2. The molecule has 0 fully saturated rings. The zero-order valence-corrected chi connectivity index (χ0v) is 20.0. The Balaban J connectivity index is 2.17. The monoisotopic (exact) mass is 499 g/mol. The lowest BCUT2D eigenvalue weighted by Crippen LogP contribution is -2.50. The van der Waals surface area contributed by atoms with Crippen molar-refractivity contribution < 1.29 is 21.5 Å². The molecule has 1 amide bonds. The van der Waals surface area contributed by atoms with E-state index in [-0.39, 0.29) is 19.4 Å². The summed E-state index contributed by atoms with van der Waals surface area (Å²) in [6.07, 6.45) is -0.459. The third-order valence-corrected chi connectivity index (χ3v) is 5.12. The second kappa shape index (κ2) is 14.0. The van der Waals surface area contributed by atoms with Gasteiger partial charge in [0.05, 0.1) is 15.4 Å². The number of nitrogens with zero attached hydrogens (tertiary/aromatic N) is 1. The normalized spacial score (nSPS) is 15.4. The summed E-state index contributed by atoms with van der Waals surface area (Å²) in [5.41, 5.74) is 7.93. The molecule has 3 N–H and O–H groups in total. The van der Waals surface area contributed by atoms with E-state index in [1.165, 1.54) is 24.3 Å². The Labute approximate surface area is 207 Å². The topological polar surface area (TPSA) is 84.7 Å². The van der Waals surface area contributed by atoms with E-state index in [9.17, 15) is 14.0 Å². The number of nitrogens with two attached hydrogens (primary N) is 1. The van der Waals surface area contributed by atoms with E-state index in [0.717, 1.165) is 5.69 Å². The van der Waals surface area contributed by atoms with E-state index < -0.39 is 29.7 Å². The highest BCUT2D eigenvalue weighted by atomic mass is 35.5. The molecule has 0 saturated carbocycles. The molecule has 0 heterocycles. The molecule has 2 rings (SSSR count). The maximum Gasteiger partial charge on any atom is 0.328 e. The predicted molar refractivity (Wildman–Crippen MR) is 130 cm³/mol. The Morgan fingerprint density at radius 2 is 1.61 bits per heavy atom. The van der Waals surface area contributed by atoms with Gasteiger partial charge in [-0.15, -0.1) is 23.2 Å². The van der Waals surface area contributed by atoms with E-state index in [0.29, 0.717) is 36.0 Å². The van der Waals surface area contributed by atoms with Crippen LogP contribution in [0.5, 0.6) is 0 Å². The summed E-state index contributed by atoms with van der Waals surface area (Å²) in [6, 6.07) is 7.89. The van der Waals surface area contributed by atoms with Crippen molar-refractivity contribution in [2.24, 2.45) is 5.73 Å². The lowest BCUT2D eigenvalue weighted by molar-refractivity contribution is -0.147. The Morgan fingerprint density at radius 1 is 1.06 bits per heavy atom. The molecule has 0 aliphatic heterocycles. The lowest BCUT2D eigenvalue weighted by Gasteiger charge is -2.23. The van der Waals surface area contributed by atoms with Gasteiger partial charge in [-0.25, -0.2) is 9.18 Å². The van der Waals surface area contributed by atoms with Crippen LogP contribution in [-0.2, 0) is 27.2 Å². The zero-order chi connectivity index (χ0) is 26.1. The summed E-state index contributed by atoms with van der Waals surface area (Å²) in [5, 5.41) is 2.27. The molecule has 0 spiro atoms. The maximum absolute atomic E-state index is 13.3. The van der Waals surface area contributed by atoms with Gasteiger partial charge in [-0.3, -0.25) is 4.79 Å². The van der Waals surface area contributed by atoms with Crippen LogP contribution in [0.25, 0.3) is 0 Å². The lowest BCUT2D eigenvalue weighted by atomic mass is 10.0. The number of carbonyl (C=O) groups is 2. The van der Waals surface area contributed by atoms with Crippen LogP contribution >= 0.6 is 23.2 Å². The van der Waals surface area contributed by atoms with E-state index in [1.807, 2.05) is 17.0 Å². The van der Waals surface area contributed by atoms with Crippen LogP contribution in [0.3, 0.4) is 0 Å². The van der Waals surface area contributed by atoms with Crippen LogP contribution in [0.2, 0.25) is 0 Å². The highest BCUT2D eigenvalue weighted by molar-refractivity contribution is 6.18. The van der Waals surface area contributed by atoms with Crippen molar-refractivity contribution in [3.8, 4) is 0 Å². The summed E-state index contributed by atoms with van der Waals surface area (Å²) in [4.78, 5) is 27.5. The van der Waals surface area contributed by atoms with Crippen molar-refractivity contribution in [3.63, 3.8) is 0 Å². The zero-order valence-electron chi connectivity index (χ0n) is 20.5. The molecule has 0 aliphatic rings. The molecule has 0 aromatic heterocycles. The summed E-state index contributed by atoms with van der Waals surface area (Å²) in [6.45, 7) is 2.79. The minimum Gasteiger partial charge on any atom is -0.464 e. The Morgan fingerprint density at radius 3 is 2.15 bits per heavy atom. The average Bonchev–Trinajstić information content (AvgIpc) is 2.81. The number of alkyl halides is 2. The minimum absolute atomic E-state index is 0.00972. The van der Waals surface area contributed by atoms with Crippen molar-refractivity contribution in [1.29, 1.82) is 0 Å². The van der Waals surface area contributed by atoms with E-state index in [4.69, 9.17) is 36.4 Å². The van der Waals surface area contributed by atoms with Gasteiger partial charge in [0.2, 0.25) is 5.91 Å². The van der Waals surface area contributed by atoms with Crippen LogP contribution < -0.4 is 16.0 Å². The van der Waals surface area contributed by atoms with Gasteiger partial charge in [-0.1, -0.05) is 24.3 Å². The van der Waals surface area contributed by atoms with Crippen molar-refractivity contribution in [2.45, 2.75) is 31.8 Å². The molecular formula is C24H30Cl2FN3O3. The Hall–Kier alpha value is -2.35. The molecular weight excluding hydrogens is 468 g/mol. The second-order valence-electron chi connectivity index (χ2n) is 7.19. The van der Waals surface area contributed by atoms with Crippen molar-refractivity contribution in [2.75, 3.05) is 36.4 Å².